The Morgan fingerprint density at radius 2 is 0.786 bits per heavy atom. The topological polar surface area (TPSA) is 17.1 Å². The Labute approximate surface area is 424 Å². The third kappa shape index (κ3) is 13.5. The van der Waals surface area contributed by atoms with Gasteiger partial charge in [-0.3, -0.25) is 4.79 Å². The highest BCUT2D eigenvalue weighted by atomic mass is 32.1. The van der Waals surface area contributed by atoms with Crippen molar-refractivity contribution in [1.82, 2.24) is 0 Å². The summed E-state index contributed by atoms with van der Waals surface area (Å²) in [6.07, 6.45) is 12.5. The summed E-state index contributed by atoms with van der Waals surface area (Å²) in [5.41, 5.74) is 11.6. The van der Waals surface area contributed by atoms with Gasteiger partial charge in [-0.25, -0.2) is 13.2 Å². The first kappa shape index (κ1) is 51.5. The van der Waals surface area contributed by atoms with E-state index in [1.165, 1.54) is 45.7 Å². The molecule has 1 nitrogen and oxygen atoms in total. The lowest BCUT2D eigenvalue weighted by molar-refractivity contribution is 0.112. The molecule has 6 aromatic carbocycles. The molecular weight excluding hydrogens is 926 g/mol. The van der Waals surface area contributed by atoms with Crippen molar-refractivity contribution in [2.24, 2.45) is 0 Å². The lowest BCUT2D eigenvalue weighted by Crippen LogP contribution is -1.86. The number of aryl methyl sites for hydroxylation is 4. The molecule has 0 N–H and O–H groups in total. The zero-order valence-corrected chi connectivity index (χ0v) is 43.0. The molecule has 0 saturated heterocycles. The smallest absolute Gasteiger partial charge is 0.160 e. The molecule has 0 fully saturated rings. The minimum absolute atomic E-state index is 0.143. The van der Waals surface area contributed by atoms with Crippen LogP contribution in [0.5, 0.6) is 0 Å². The normalized spacial score (nSPS) is 11.0. The molecule has 0 aliphatic carbocycles. The molecule has 356 valence electrons. The zero-order valence-electron chi connectivity index (χ0n) is 40.5. The molecule has 0 radical (unpaired) electrons. The van der Waals surface area contributed by atoms with Crippen LogP contribution in [-0.4, -0.2) is 6.29 Å². The zero-order chi connectivity index (χ0) is 49.4. The first-order valence-electron chi connectivity index (χ1n) is 24.2. The number of carbonyl (C=O) groups excluding carboxylic acids is 1. The molecule has 0 amide bonds. The van der Waals surface area contributed by atoms with Gasteiger partial charge in [0.2, 0.25) is 0 Å². The van der Waals surface area contributed by atoms with E-state index in [1.54, 1.807) is 59.1 Å². The number of unbranched alkanes of at least 4 members (excludes halogenated alkanes) is 1. The summed E-state index contributed by atoms with van der Waals surface area (Å²) in [4.78, 5) is 16.6. The maximum Gasteiger partial charge on any atom is 0.160 e. The first-order chi connectivity index (χ1) is 34.1. The predicted molar refractivity (Wildman–Crippen MR) is 297 cm³/mol. The van der Waals surface area contributed by atoms with Crippen molar-refractivity contribution in [1.29, 1.82) is 0 Å². The van der Waals surface area contributed by atoms with Crippen molar-refractivity contribution in [3.8, 4) is 64.7 Å². The van der Waals surface area contributed by atoms with Crippen molar-refractivity contribution < 1.29 is 18.0 Å². The molecule has 0 aliphatic heterocycles. The monoisotopic (exact) mass is 984 g/mol. The highest BCUT2D eigenvalue weighted by molar-refractivity contribution is 7.17. The number of aldehydes is 1. The van der Waals surface area contributed by atoms with Crippen LogP contribution in [0.3, 0.4) is 0 Å². The second kappa shape index (κ2) is 25.5. The lowest BCUT2D eigenvalue weighted by atomic mass is 10.0. The summed E-state index contributed by atoms with van der Waals surface area (Å²) < 4.78 is 43.7. The number of halogens is 3. The maximum atomic E-state index is 14.6. The van der Waals surface area contributed by atoms with Crippen LogP contribution in [0.2, 0.25) is 0 Å². The summed E-state index contributed by atoms with van der Waals surface area (Å²) in [7, 11) is 0. The largest absolute Gasteiger partial charge is 0.297 e. The second-order valence-electron chi connectivity index (χ2n) is 16.9. The Hall–Kier alpha value is -6.38. The third-order valence-corrected chi connectivity index (χ3v) is 15.4. The first-order valence-corrected chi connectivity index (χ1v) is 26.7. The minimum atomic E-state index is -0.267. The van der Waals surface area contributed by atoms with Gasteiger partial charge >= 0.3 is 0 Å². The van der Waals surface area contributed by atoms with Gasteiger partial charge in [-0.15, -0.1) is 34.0 Å². The van der Waals surface area contributed by atoms with Crippen LogP contribution >= 0.6 is 34.0 Å². The molecule has 0 saturated carbocycles. The maximum absolute atomic E-state index is 14.6. The molecule has 3 aromatic heterocycles. The molecule has 9 rings (SSSR count). The number of allylic oxidation sites excluding steroid dienone is 1. The Morgan fingerprint density at radius 1 is 0.414 bits per heavy atom. The van der Waals surface area contributed by atoms with Gasteiger partial charge < -0.3 is 0 Å². The van der Waals surface area contributed by atoms with E-state index < -0.39 is 0 Å². The van der Waals surface area contributed by atoms with Crippen LogP contribution in [0.15, 0.2) is 170 Å². The molecule has 0 aliphatic rings. The highest BCUT2D eigenvalue weighted by Crippen LogP contribution is 2.36. The van der Waals surface area contributed by atoms with E-state index in [9.17, 15) is 18.0 Å². The summed E-state index contributed by atoms with van der Waals surface area (Å²) in [5, 5.41) is 0. The van der Waals surface area contributed by atoms with Gasteiger partial charge in [-0.1, -0.05) is 138 Å². The molecule has 0 spiro atoms. The van der Waals surface area contributed by atoms with Crippen molar-refractivity contribution in [3.63, 3.8) is 0 Å². The van der Waals surface area contributed by atoms with Gasteiger partial charge in [0, 0.05) is 41.1 Å². The van der Waals surface area contributed by atoms with Gasteiger partial charge in [-0.2, -0.15) is 0 Å². The fraction of sp³-hybridized carbons (Fsp3) is 0.190. The number of carbonyl (C=O) groups is 1. The standard InChI is InChI=1S/C22H23FS.C22H21FS.C19H15FOS/c2*1-3-5-6-19-12-14-22(24-19)20-13-11-18(15-21(20)23)17-9-7-16(4-2)8-10-17;1-2-13-3-5-14(6-4-13)15-7-9-17(18(20)11-15)19-10-8-16(12-21)22-19/h7-15H,3-6H2,1-2H3;5-15H,3-4H2,1-2H3;3-12H,2H2,1H3/b;6-5+;. The van der Waals surface area contributed by atoms with E-state index in [-0.39, 0.29) is 17.5 Å². The van der Waals surface area contributed by atoms with Gasteiger partial charge in [0.05, 0.1) is 4.88 Å². The molecule has 3 heterocycles. The Morgan fingerprint density at radius 3 is 1.14 bits per heavy atom. The molecule has 9 aromatic rings. The minimum Gasteiger partial charge on any atom is -0.297 e. The van der Waals surface area contributed by atoms with Crippen molar-refractivity contribution in [3.05, 3.63) is 219 Å². The van der Waals surface area contributed by atoms with E-state index in [2.05, 4.69) is 114 Å². The lowest BCUT2D eigenvalue weighted by Gasteiger charge is -2.06. The van der Waals surface area contributed by atoms with E-state index in [4.69, 9.17) is 0 Å². The molecule has 0 atom stereocenters. The molecular formula is C63H59F3OS3. The quantitative estimate of drug-likeness (QED) is 0.0936. The number of hydrogen-bond donors (Lipinski definition) is 0. The third-order valence-electron chi connectivity index (χ3n) is 12.1. The van der Waals surface area contributed by atoms with Gasteiger partial charge in [0.1, 0.15) is 17.5 Å². The Bertz CT molecular complexity index is 3120. The average Bonchev–Trinajstić information content (AvgIpc) is 4.20. The van der Waals surface area contributed by atoms with Crippen LogP contribution in [0.4, 0.5) is 13.2 Å². The van der Waals surface area contributed by atoms with Crippen LogP contribution in [0.1, 0.15) is 90.0 Å². The van der Waals surface area contributed by atoms with Gasteiger partial charge in [0.15, 0.2) is 6.29 Å². The van der Waals surface area contributed by atoms with Crippen LogP contribution < -0.4 is 0 Å². The van der Waals surface area contributed by atoms with E-state index >= 15 is 0 Å². The molecule has 70 heavy (non-hydrogen) atoms. The molecule has 0 unspecified atom stereocenters. The molecule has 0 bridgehead atoms. The number of rotatable bonds is 15. The van der Waals surface area contributed by atoms with Crippen LogP contribution in [-0.2, 0) is 25.7 Å². The number of hydrogen-bond acceptors (Lipinski definition) is 4. The second-order valence-corrected chi connectivity index (χ2v) is 20.3. The van der Waals surface area contributed by atoms with Crippen LogP contribution in [0.25, 0.3) is 70.8 Å². The molecule has 7 heteroatoms. The fourth-order valence-corrected chi connectivity index (χ4v) is 10.8. The van der Waals surface area contributed by atoms with Crippen molar-refractivity contribution in [2.75, 3.05) is 0 Å². The summed E-state index contributed by atoms with van der Waals surface area (Å²) in [5.74, 6) is -0.577. The summed E-state index contributed by atoms with van der Waals surface area (Å²) in [6.45, 7) is 10.7. The predicted octanol–water partition coefficient (Wildman–Crippen LogP) is 19.9. The van der Waals surface area contributed by atoms with E-state index in [0.29, 0.717) is 21.6 Å². The van der Waals surface area contributed by atoms with Gasteiger partial charge in [0.25, 0.3) is 0 Å². The highest BCUT2D eigenvalue weighted by Gasteiger charge is 2.13. The van der Waals surface area contributed by atoms with Gasteiger partial charge in [-0.05, 0) is 167 Å². The van der Waals surface area contributed by atoms with Crippen LogP contribution in [0, 0.1) is 17.5 Å². The van der Waals surface area contributed by atoms with Crippen molar-refractivity contribution >= 4 is 46.4 Å². The average molecular weight is 985 g/mol. The number of thiophene rings is 3. The fourth-order valence-electron chi connectivity index (χ4n) is 7.87. The summed E-state index contributed by atoms with van der Waals surface area (Å²) in [6, 6.07) is 52.9. The SMILES string of the molecule is CC/C=C/c1ccc(-c2ccc(-c3ccc(CC)cc3)cc2F)s1.CCCCc1ccc(-c2ccc(-c3ccc(CC)cc3)cc2F)s1.CCc1ccc(-c2ccc(-c3ccc(C=O)s3)c(F)c2)cc1. The summed E-state index contributed by atoms with van der Waals surface area (Å²) >= 11 is 4.63. The Kier molecular flexibility index (Phi) is 18.7. The Balaban J connectivity index is 0.000000155. The van der Waals surface area contributed by atoms with Crippen molar-refractivity contribution in [2.45, 2.75) is 79.6 Å². The van der Waals surface area contributed by atoms with E-state index in [1.807, 2.05) is 60.7 Å². The van der Waals surface area contributed by atoms with E-state index in [0.717, 1.165) is 91.3 Å². The number of benzene rings is 6.